The molecule has 3 amide bonds. The molecule has 0 bridgehead atoms. The molecule has 0 spiro atoms. The van der Waals surface area contributed by atoms with Crippen molar-refractivity contribution in [2.75, 3.05) is 6.54 Å². The van der Waals surface area contributed by atoms with E-state index in [4.69, 9.17) is 0 Å². The number of carbonyl (C=O) groups is 2. The van der Waals surface area contributed by atoms with Gasteiger partial charge < -0.3 is 10.4 Å². The van der Waals surface area contributed by atoms with Crippen molar-refractivity contribution in [2.24, 2.45) is 0 Å². The molecule has 2 atom stereocenters. The molecule has 0 radical (unpaired) electrons. The number of nitrogens with one attached hydrogen (secondary N) is 1. The summed E-state index contributed by atoms with van der Waals surface area (Å²) in [4.78, 5) is 29.8. The number of hydrogen-bond donors (Lipinski definition) is 2. The van der Waals surface area contributed by atoms with Crippen LogP contribution in [0.25, 0.3) is 0 Å². The predicted molar refractivity (Wildman–Crippen MR) is 83.2 cm³/mol. The Labute approximate surface area is 137 Å². The third-order valence-corrected chi connectivity index (χ3v) is 4.12. The molecule has 0 aliphatic carbocycles. The summed E-state index contributed by atoms with van der Waals surface area (Å²) >= 11 is 0. The van der Waals surface area contributed by atoms with Gasteiger partial charge in [-0.2, -0.15) is 0 Å². The van der Waals surface area contributed by atoms with Gasteiger partial charge in [-0.15, -0.1) is 0 Å². The van der Waals surface area contributed by atoms with E-state index in [1.165, 1.54) is 30.5 Å². The third kappa shape index (κ3) is 2.74. The van der Waals surface area contributed by atoms with Crippen LogP contribution in [0.3, 0.4) is 0 Å². The van der Waals surface area contributed by atoms with E-state index in [1.54, 1.807) is 25.3 Å². The first-order chi connectivity index (χ1) is 11.4. The lowest BCUT2D eigenvalue weighted by Crippen LogP contribution is -2.41. The molecule has 1 aromatic carbocycles. The number of halogens is 1. The van der Waals surface area contributed by atoms with Gasteiger partial charge in [-0.25, -0.2) is 9.18 Å². The number of urea groups is 1. The number of pyridine rings is 1. The van der Waals surface area contributed by atoms with E-state index in [1.807, 2.05) is 0 Å². The highest BCUT2D eigenvalue weighted by Crippen LogP contribution is 2.29. The van der Waals surface area contributed by atoms with E-state index in [0.29, 0.717) is 11.1 Å². The highest BCUT2D eigenvalue weighted by molar-refractivity contribution is 6.07. The summed E-state index contributed by atoms with van der Waals surface area (Å²) in [6, 6.07) is 8.04. The Morgan fingerprint density at radius 3 is 2.62 bits per heavy atom. The van der Waals surface area contributed by atoms with Gasteiger partial charge in [0.05, 0.1) is 12.6 Å². The average molecular weight is 329 g/mol. The number of nitrogens with zero attached hydrogens (tertiary/aromatic N) is 2. The number of aliphatic hydroxyl groups excluding tert-OH is 1. The van der Waals surface area contributed by atoms with E-state index in [-0.39, 0.29) is 6.54 Å². The van der Waals surface area contributed by atoms with Gasteiger partial charge in [-0.05, 0) is 30.7 Å². The summed E-state index contributed by atoms with van der Waals surface area (Å²) in [7, 11) is 0. The lowest BCUT2D eigenvalue weighted by Gasteiger charge is -2.22. The van der Waals surface area contributed by atoms with Crippen molar-refractivity contribution in [1.29, 1.82) is 0 Å². The molecule has 1 aromatic heterocycles. The van der Waals surface area contributed by atoms with Gasteiger partial charge in [-0.3, -0.25) is 14.7 Å². The largest absolute Gasteiger partial charge is 0.387 e. The van der Waals surface area contributed by atoms with Gasteiger partial charge >= 0.3 is 6.03 Å². The fourth-order valence-electron chi connectivity index (χ4n) is 2.68. The summed E-state index contributed by atoms with van der Waals surface area (Å²) in [6.45, 7) is 1.38. The normalized spacial score (nSPS) is 21.7. The Balaban J connectivity index is 1.81. The maximum absolute atomic E-state index is 13.0. The van der Waals surface area contributed by atoms with E-state index >= 15 is 0 Å². The molecule has 2 N–H and O–H groups in total. The summed E-state index contributed by atoms with van der Waals surface area (Å²) in [5, 5.41) is 12.9. The molecule has 1 aliphatic rings. The standard InChI is InChI=1S/C17H16FN3O3/c1-17(12-3-2-8-19-9-12)15(23)21(16(24)20-17)10-14(22)11-4-6-13(18)7-5-11/h2-9,14,22H,10H2,1H3,(H,20,24)/t14-,17+/m0/s1. The van der Waals surface area contributed by atoms with Crippen molar-refractivity contribution in [3.05, 3.63) is 65.7 Å². The summed E-state index contributed by atoms with van der Waals surface area (Å²) in [6.07, 6.45) is 1.99. The molecule has 0 saturated carbocycles. The van der Waals surface area contributed by atoms with Crippen LogP contribution >= 0.6 is 0 Å². The minimum absolute atomic E-state index is 0.216. The summed E-state index contributed by atoms with van der Waals surface area (Å²) in [5.74, 6) is -0.897. The average Bonchev–Trinajstić information content (AvgIpc) is 2.80. The van der Waals surface area contributed by atoms with Crippen molar-refractivity contribution < 1.29 is 19.1 Å². The fraction of sp³-hybridized carbons (Fsp3) is 0.235. The van der Waals surface area contributed by atoms with Gasteiger partial charge in [-0.1, -0.05) is 18.2 Å². The number of β-amino-alcohol motifs (C(OH)–C–C–N with tert-alkyl or cyclic N) is 1. The van der Waals surface area contributed by atoms with E-state index in [9.17, 15) is 19.1 Å². The zero-order valence-electron chi connectivity index (χ0n) is 12.9. The molecule has 124 valence electrons. The number of imide groups is 1. The van der Waals surface area contributed by atoms with Crippen LogP contribution in [0, 0.1) is 5.82 Å². The molecule has 2 heterocycles. The second kappa shape index (κ2) is 6.01. The first-order valence-corrected chi connectivity index (χ1v) is 7.40. The Hall–Kier alpha value is -2.80. The molecule has 3 rings (SSSR count). The molecule has 1 fully saturated rings. The van der Waals surface area contributed by atoms with Gasteiger partial charge in [0.15, 0.2) is 0 Å². The van der Waals surface area contributed by atoms with Crippen LogP contribution in [0.15, 0.2) is 48.8 Å². The second-order valence-electron chi connectivity index (χ2n) is 5.78. The van der Waals surface area contributed by atoms with Crippen LogP contribution in [0.1, 0.15) is 24.2 Å². The smallest absolute Gasteiger partial charge is 0.325 e. The zero-order chi connectivity index (χ0) is 17.3. The molecule has 1 saturated heterocycles. The van der Waals surface area contributed by atoms with Crippen LogP contribution in [0.2, 0.25) is 0 Å². The Kier molecular flexibility index (Phi) is 4.02. The van der Waals surface area contributed by atoms with Crippen molar-refractivity contribution in [3.63, 3.8) is 0 Å². The molecular formula is C17H16FN3O3. The van der Waals surface area contributed by atoms with Crippen molar-refractivity contribution in [2.45, 2.75) is 18.6 Å². The number of carbonyl (C=O) groups excluding carboxylic acids is 2. The second-order valence-corrected chi connectivity index (χ2v) is 5.78. The van der Waals surface area contributed by atoms with Crippen molar-refractivity contribution in [1.82, 2.24) is 15.2 Å². The van der Waals surface area contributed by atoms with E-state index < -0.39 is 29.4 Å². The molecular weight excluding hydrogens is 313 g/mol. The fourth-order valence-corrected chi connectivity index (χ4v) is 2.68. The number of amides is 3. The van der Waals surface area contributed by atoms with Gasteiger partial charge in [0, 0.05) is 18.0 Å². The quantitative estimate of drug-likeness (QED) is 0.837. The maximum Gasteiger partial charge on any atom is 0.325 e. The predicted octanol–water partition coefficient (Wildman–Crippen LogP) is 1.72. The summed E-state index contributed by atoms with van der Waals surface area (Å²) < 4.78 is 13.0. The number of hydrogen-bond acceptors (Lipinski definition) is 4. The monoisotopic (exact) mass is 329 g/mol. The first-order valence-electron chi connectivity index (χ1n) is 7.40. The third-order valence-electron chi connectivity index (χ3n) is 4.12. The topological polar surface area (TPSA) is 82.5 Å². The number of aromatic nitrogens is 1. The molecule has 24 heavy (non-hydrogen) atoms. The Morgan fingerprint density at radius 2 is 2.00 bits per heavy atom. The lowest BCUT2D eigenvalue weighted by atomic mass is 9.93. The van der Waals surface area contributed by atoms with Crippen LogP contribution in [-0.2, 0) is 10.3 Å². The van der Waals surface area contributed by atoms with E-state index in [2.05, 4.69) is 10.3 Å². The van der Waals surface area contributed by atoms with Crippen LogP contribution in [0.5, 0.6) is 0 Å². The van der Waals surface area contributed by atoms with Gasteiger partial charge in [0.1, 0.15) is 11.4 Å². The maximum atomic E-state index is 13.0. The first kappa shape index (κ1) is 16.1. The van der Waals surface area contributed by atoms with Gasteiger partial charge in [0.25, 0.3) is 5.91 Å². The lowest BCUT2D eigenvalue weighted by molar-refractivity contribution is -0.132. The number of benzene rings is 1. The molecule has 7 heteroatoms. The molecule has 1 aliphatic heterocycles. The molecule has 2 aromatic rings. The highest BCUT2D eigenvalue weighted by Gasteiger charge is 2.49. The van der Waals surface area contributed by atoms with Crippen LogP contribution in [0.4, 0.5) is 9.18 Å². The minimum atomic E-state index is -1.23. The zero-order valence-corrected chi connectivity index (χ0v) is 12.9. The summed E-state index contributed by atoms with van der Waals surface area (Å²) in [5.41, 5.74) is -0.248. The Morgan fingerprint density at radius 1 is 1.29 bits per heavy atom. The minimum Gasteiger partial charge on any atom is -0.387 e. The van der Waals surface area contributed by atoms with Crippen LogP contribution < -0.4 is 5.32 Å². The van der Waals surface area contributed by atoms with Crippen LogP contribution in [-0.4, -0.2) is 33.5 Å². The number of rotatable bonds is 4. The van der Waals surface area contributed by atoms with Crippen molar-refractivity contribution >= 4 is 11.9 Å². The SMILES string of the molecule is C[C@]1(c2cccnc2)NC(=O)N(C[C@H](O)c2ccc(F)cc2)C1=O. The van der Waals surface area contributed by atoms with Gasteiger partial charge in [0.2, 0.25) is 0 Å². The number of aliphatic hydroxyl groups is 1. The molecule has 6 nitrogen and oxygen atoms in total. The molecule has 0 unspecified atom stereocenters. The Bertz CT molecular complexity index is 766. The van der Waals surface area contributed by atoms with Crippen molar-refractivity contribution in [3.8, 4) is 0 Å². The highest BCUT2D eigenvalue weighted by atomic mass is 19.1. The van der Waals surface area contributed by atoms with E-state index in [0.717, 1.165) is 4.90 Å².